The zero-order valence-corrected chi connectivity index (χ0v) is 17.8. The van der Waals surface area contributed by atoms with Gasteiger partial charge in [0.25, 0.3) is 11.1 Å². The molecule has 156 valence electrons. The third-order valence-electron chi connectivity index (χ3n) is 4.68. The molecule has 7 nitrogen and oxygen atoms in total. The Kier molecular flexibility index (Phi) is 6.84. The van der Waals surface area contributed by atoms with Crippen LogP contribution in [0.25, 0.3) is 6.08 Å². The van der Waals surface area contributed by atoms with Gasteiger partial charge in [0.1, 0.15) is 6.54 Å². The highest BCUT2D eigenvalue weighted by Crippen LogP contribution is 2.34. The Hall–Kier alpha value is -2.48. The van der Waals surface area contributed by atoms with E-state index in [2.05, 4.69) is 13.8 Å². The molecule has 0 bridgehead atoms. The summed E-state index contributed by atoms with van der Waals surface area (Å²) in [6.45, 7) is 5.87. The first-order valence-electron chi connectivity index (χ1n) is 9.73. The molecule has 29 heavy (non-hydrogen) atoms. The van der Waals surface area contributed by atoms with E-state index in [0.717, 1.165) is 35.1 Å². The van der Waals surface area contributed by atoms with E-state index in [9.17, 15) is 14.4 Å². The third-order valence-corrected chi connectivity index (χ3v) is 5.59. The number of nitrogens with zero attached hydrogens (tertiary/aromatic N) is 2. The van der Waals surface area contributed by atoms with Crippen molar-refractivity contribution >= 4 is 34.9 Å². The summed E-state index contributed by atoms with van der Waals surface area (Å²) < 4.78 is 11.1. The van der Waals surface area contributed by atoms with Crippen molar-refractivity contribution in [1.82, 2.24) is 9.80 Å². The van der Waals surface area contributed by atoms with Gasteiger partial charge in [-0.25, -0.2) is 0 Å². The standard InChI is InChI=1S/C21H26N2O5S/c1-14(2)13-28-16-7-6-15(10-17(16)27-3)11-18-20(25)23(21(26)29-18)12-19(24)22-8-4-5-9-22/h6-7,10-11,14H,4-5,8-9,12-13H2,1-3H3/b18-11-. The quantitative estimate of drug-likeness (QED) is 0.632. The molecule has 2 heterocycles. The predicted octanol–water partition coefficient (Wildman–Crippen LogP) is 3.39. The highest BCUT2D eigenvalue weighted by atomic mass is 32.2. The van der Waals surface area contributed by atoms with E-state index in [-0.39, 0.29) is 12.5 Å². The number of hydrogen-bond acceptors (Lipinski definition) is 6. The van der Waals surface area contributed by atoms with Crippen LogP contribution in [0.5, 0.6) is 11.5 Å². The molecule has 0 N–H and O–H groups in total. The molecule has 2 saturated heterocycles. The van der Waals surface area contributed by atoms with Crippen molar-refractivity contribution < 1.29 is 23.9 Å². The Morgan fingerprint density at radius 1 is 1.21 bits per heavy atom. The summed E-state index contributed by atoms with van der Waals surface area (Å²) in [5.74, 6) is 0.950. The minimum absolute atomic E-state index is 0.181. The highest BCUT2D eigenvalue weighted by molar-refractivity contribution is 8.18. The van der Waals surface area contributed by atoms with Crippen LogP contribution in [0.3, 0.4) is 0 Å². The lowest BCUT2D eigenvalue weighted by atomic mass is 10.1. The monoisotopic (exact) mass is 418 g/mol. The van der Waals surface area contributed by atoms with E-state index >= 15 is 0 Å². The van der Waals surface area contributed by atoms with Gasteiger partial charge in [-0.1, -0.05) is 19.9 Å². The average molecular weight is 419 g/mol. The number of thioether (sulfide) groups is 1. The lowest BCUT2D eigenvalue weighted by molar-refractivity contribution is -0.135. The Morgan fingerprint density at radius 2 is 1.93 bits per heavy atom. The Bertz CT molecular complexity index is 830. The zero-order chi connectivity index (χ0) is 21.0. The summed E-state index contributed by atoms with van der Waals surface area (Å²) in [6, 6.07) is 5.36. The summed E-state index contributed by atoms with van der Waals surface area (Å²) in [7, 11) is 1.55. The second kappa shape index (κ2) is 9.35. The first kappa shape index (κ1) is 21.2. The normalized spacial score (nSPS) is 18.3. The Labute approximate surface area is 175 Å². The summed E-state index contributed by atoms with van der Waals surface area (Å²) in [5.41, 5.74) is 0.718. The van der Waals surface area contributed by atoms with Gasteiger partial charge in [-0.3, -0.25) is 19.3 Å². The van der Waals surface area contributed by atoms with Crippen LogP contribution in [-0.2, 0) is 9.59 Å². The van der Waals surface area contributed by atoms with Crippen LogP contribution in [0.15, 0.2) is 23.1 Å². The van der Waals surface area contributed by atoms with E-state index in [0.29, 0.717) is 42.0 Å². The molecule has 0 radical (unpaired) electrons. The van der Waals surface area contributed by atoms with Crippen molar-refractivity contribution in [2.24, 2.45) is 5.92 Å². The van der Waals surface area contributed by atoms with Gasteiger partial charge in [0.05, 0.1) is 18.6 Å². The number of carbonyl (C=O) groups is 3. The second-order valence-electron chi connectivity index (χ2n) is 7.47. The fraction of sp³-hybridized carbons (Fsp3) is 0.476. The van der Waals surface area contributed by atoms with Gasteiger partial charge in [-0.15, -0.1) is 0 Å². The van der Waals surface area contributed by atoms with Crippen LogP contribution in [0.4, 0.5) is 4.79 Å². The maximum atomic E-state index is 12.7. The topological polar surface area (TPSA) is 76.2 Å². The highest BCUT2D eigenvalue weighted by Gasteiger charge is 2.37. The number of likely N-dealkylation sites (tertiary alicyclic amines) is 1. The smallest absolute Gasteiger partial charge is 0.294 e. The van der Waals surface area contributed by atoms with Crippen molar-refractivity contribution in [2.45, 2.75) is 26.7 Å². The number of methoxy groups -OCH3 is 1. The number of hydrogen-bond donors (Lipinski definition) is 0. The minimum Gasteiger partial charge on any atom is -0.493 e. The van der Waals surface area contributed by atoms with Crippen molar-refractivity contribution in [3.05, 3.63) is 28.7 Å². The van der Waals surface area contributed by atoms with Crippen LogP contribution in [0.2, 0.25) is 0 Å². The van der Waals surface area contributed by atoms with Gasteiger partial charge in [0.15, 0.2) is 11.5 Å². The number of carbonyl (C=O) groups excluding carboxylic acids is 3. The zero-order valence-electron chi connectivity index (χ0n) is 17.0. The van der Waals surface area contributed by atoms with E-state index in [1.165, 1.54) is 0 Å². The molecule has 0 atom stereocenters. The van der Waals surface area contributed by atoms with Crippen molar-refractivity contribution in [3.63, 3.8) is 0 Å². The van der Waals surface area contributed by atoms with Crippen LogP contribution >= 0.6 is 11.8 Å². The van der Waals surface area contributed by atoms with Crippen LogP contribution < -0.4 is 9.47 Å². The lowest BCUT2D eigenvalue weighted by Crippen LogP contribution is -2.40. The molecular weight excluding hydrogens is 392 g/mol. The van der Waals surface area contributed by atoms with Gasteiger partial charge < -0.3 is 14.4 Å². The summed E-state index contributed by atoms with van der Waals surface area (Å²) in [5, 5.41) is -0.419. The minimum atomic E-state index is -0.438. The fourth-order valence-electron chi connectivity index (χ4n) is 3.14. The second-order valence-corrected chi connectivity index (χ2v) is 8.46. The first-order valence-corrected chi connectivity index (χ1v) is 10.5. The lowest BCUT2D eigenvalue weighted by Gasteiger charge is -2.18. The average Bonchev–Trinajstić information content (AvgIpc) is 3.31. The maximum Gasteiger partial charge on any atom is 0.294 e. The molecule has 0 spiro atoms. The van der Waals surface area contributed by atoms with E-state index < -0.39 is 11.1 Å². The molecular formula is C21H26N2O5S. The van der Waals surface area contributed by atoms with E-state index in [4.69, 9.17) is 9.47 Å². The van der Waals surface area contributed by atoms with Crippen molar-refractivity contribution in [1.29, 1.82) is 0 Å². The molecule has 0 aliphatic carbocycles. The predicted molar refractivity (Wildman–Crippen MR) is 112 cm³/mol. The molecule has 1 aromatic rings. The molecule has 1 aromatic carbocycles. The van der Waals surface area contributed by atoms with Crippen LogP contribution in [-0.4, -0.2) is 60.2 Å². The molecule has 2 fully saturated rings. The summed E-state index contributed by atoms with van der Waals surface area (Å²) >= 11 is 0.849. The van der Waals surface area contributed by atoms with Crippen LogP contribution in [0.1, 0.15) is 32.3 Å². The van der Waals surface area contributed by atoms with Crippen LogP contribution in [0, 0.1) is 5.92 Å². The van der Waals surface area contributed by atoms with Gasteiger partial charge in [-0.2, -0.15) is 0 Å². The van der Waals surface area contributed by atoms with Gasteiger partial charge in [-0.05, 0) is 54.3 Å². The number of rotatable bonds is 7. The Morgan fingerprint density at radius 3 is 2.59 bits per heavy atom. The van der Waals surface area contributed by atoms with Crippen molar-refractivity contribution in [3.8, 4) is 11.5 Å². The number of benzene rings is 1. The van der Waals surface area contributed by atoms with E-state index in [1.54, 1.807) is 30.2 Å². The maximum absolute atomic E-state index is 12.7. The summed E-state index contributed by atoms with van der Waals surface area (Å²) in [4.78, 5) is 40.3. The number of ether oxygens (including phenoxy) is 2. The molecule has 2 aliphatic rings. The molecule has 0 aromatic heterocycles. The third kappa shape index (κ3) is 5.12. The SMILES string of the molecule is COc1cc(/C=C2\SC(=O)N(CC(=O)N3CCCC3)C2=O)ccc1OCC(C)C. The Balaban J connectivity index is 1.72. The van der Waals surface area contributed by atoms with Gasteiger partial charge >= 0.3 is 0 Å². The molecule has 0 saturated carbocycles. The molecule has 3 rings (SSSR count). The molecule has 2 aliphatic heterocycles. The molecule has 0 unspecified atom stereocenters. The van der Waals surface area contributed by atoms with Gasteiger partial charge in [0.2, 0.25) is 5.91 Å². The van der Waals surface area contributed by atoms with E-state index in [1.807, 2.05) is 6.07 Å². The molecule has 8 heteroatoms. The first-order chi connectivity index (χ1) is 13.9. The largest absolute Gasteiger partial charge is 0.493 e. The fourth-order valence-corrected chi connectivity index (χ4v) is 3.98. The number of amides is 3. The summed E-state index contributed by atoms with van der Waals surface area (Å²) in [6.07, 6.45) is 3.57. The number of imide groups is 1. The molecule has 3 amide bonds. The van der Waals surface area contributed by atoms with Crippen molar-refractivity contribution in [2.75, 3.05) is 33.4 Å². The van der Waals surface area contributed by atoms with Gasteiger partial charge in [0, 0.05) is 13.1 Å².